The van der Waals surface area contributed by atoms with Gasteiger partial charge in [0.25, 0.3) is 0 Å². The fourth-order valence-electron chi connectivity index (χ4n) is 2.64. The minimum Gasteiger partial charge on any atom is -0.323 e. The van der Waals surface area contributed by atoms with E-state index in [9.17, 15) is 4.79 Å². The molecule has 0 bridgehead atoms. The van der Waals surface area contributed by atoms with E-state index < -0.39 is 0 Å². The number of nitrogens with zero attached hydrogens (tertiary/aromatic N) is 2. The first-order chi connectivity index (χ1) is 11.2. The Morgan fingerprint density at radius 1 is 1.28 bits per heavy atom. The van der Waals surface area contributed by atoms with Gasteiger partial charge in [0.1, 0.15) is 5.82 Å². The van der Waals surface area contributed by atoms with Gasteiger partial charge in [-0.05, 0) is 17.4 Å². The van der Waals surface area contributed by atoms with Crippen molar-refractivity contribution in [1.82, 2.24) is 9.78 Å². The van der Waals surface area contributed by atoms with Crippen LogP contribution in [0.1, 0.15) is 45.0 Å². The molecule has 6 heteroatoms. The van der Waals surface area contributed by atoms with Gasteiger partial charge in [0, 0.05) is 19.2 Å². The third kappa shape index (κ3) is 5.87. The van der Waals surface area contributed by atoms with Crippen LogP contribution in [0.3, 0.4) is 0 Å². The molecule has 5 nitrogen and oxygen atoms in total. The van der Waals surface area contributed by atoms with E-state index in [1.54, 1.807) is 4.68 Å². The molecule has 2 unspecified atom stereocenters. The molecule has 1 aromatic heterocycles. The maximum Gasteiger partial charge on any atom is 0.230 e. The predicted molar refractivity (Wildman–Crippen MR) is 105 cm³/mol. The number of benzene rings is 1. The molecular formula is C19H29ClN4O. The Kier molecular flexibility index (Phi) is 7.20. The molecule has 3 N–H and O–H groups in total. The van der Waals surface area contributed by atoms with Gasteiger partial charge >= 0.3 is 0 Å². The van der Waals surface area contributed by atoms with Crippen LogP contribution in [0, 0.1) is 11.3 Å². The van der Waals surface area contributed by atoms with Crippen molar-refractivity contribution in [2.75, 3.05) is 5.32 Å². The number of aromatic nitrogens is 2. The van der Waals surface area contributed by atoms with Gasteiger partial charge in [-0.15, -0.1) is 12.4 Å². The smallest absolute Gasteiger partial charge is 0.230 e. The molecule has 0 radical (unpaired) electrons. The normalized spacial score (nSPS) is 13.7. The minimum absolute atomic E-state index is 0. The predicted octanol–water partition coefficient (Wildman–Crippen LogP) is 3.71. The zero-order valence-electron chi connectivity index (χ0n) is 15.6. The number of nitrogens with one attached hydrogen (secondary N) is 1. The first-order valence-electron chi connectivity index (χ1n) is 8.32. The highest BCUT2D eigenvalue weighted by molar-refractivity contribution is 5.92. The van der Waals surface area contributed by atoms with Gasteiger partial charge in [-0.25, -0.2) is 0 Å². The third-order valence-electron chi connectivity index (χ3n) is 4.03. The van der Waals surface area contributed by atoms with Crippen molar-refractivity contribution in [1.29, 1.82) is 0 Å². The topological polar surface area (TPSA) is 72.9 Å². The highest BCUT2D eigenvalue weighted by Crippen LogP contribution is 2.23. The van der Waals surface area contributed by atoms with Crippen molar-refractivity contribution in [2.24, 2.45) is 24.1 Å². The first kappa shape index (κ1) is 21.2. The second-order valence-electron chi connectivity index (χ2n) is 7.60. The van der Waals surface area contributed by atoms with Gasteiger partial charge < -0.3 is 11.1 Å². The van der Waals surface area contributed by atoms with Crippen LogP contribution in [-0.2, 0) is 18.3 Å². The highest BCUT2D eigenvalue weighted by Gasteiger charge is 2.23. The average molecular weight is 365 g/mol. The number of halogens is 1. The molecule has 0 aliphatic rings. The number of carbonyl (C=O) groups is 1. The number of rotatable bonds is 5. The summed E-state index contributed by atoms with van der Waals surface area (Å²) in [6, 6.07) is 11.3. The Morgan fingerprint density at radius 2 is 1.88 bits per heavy atom. The molecule has 2 atom stereocenters. The molecule has 1 amide bonds. The number of hydrogen-bond acceptors (Lipinski definition) is 3. The van der Waals surface area contributed by atoms with E-state index in [-0.39, 0.29) is 35.7 Å². The molecule has 2 rings (SSSR count). The summed E-state index contributed by atoms with van der Waals surface area (Å²) in [5.74, 6) is 0.261. The summed E-state index contributed by atoms with van der Waals surface area (Å²) in [5, 5.41) is 7.43. The molecule has 0 fully saturated rings. The summed E-state index contributed by atoms with van der Waals surface area (Å²) in [5.41, 5.74) is 8.32. The maximum atomic E-state index is 12.5. The number of aryl methyl sites for hydroxylation is 1. The van der Waals surface area contributed by atoms with Crippen LogP contribution in [0.25, 0.3) is 0 Å². The second kappa shape index (κ2) is 8.50. The number of nitrogens with two attached hydrogens (primary N) is 1. The van der Waals surface area contributed by atoms with Gasteiger partial charge in [-0.1, -0.05) is 58.0 Å². The Bertz CT molecular complexity index is 691. The van der Waals surface area contributed by atoms with Crippen LogP contribution in [0.15, 0.2) is 36.4 Å². The van der Waals surface area contributed by atoms with Crippen LogP contribution in [0.4, 0.5) is 5.82 Å². The summed E-state index contributed by atoms with van der Waals surface area (Å²) < 4.78 is 1.71. The Morgan fingerprint density at radius 3 is 2.44 bits per heavy atom. The van der Waals surface area contributed by atoms with Crippen molar-refractivity contribution in [3.05, 3.63) is 47.7 Å². The van der Waals surface area contributed by atoms with Crippen molar-refractivity contribution in [3.8, 4) is 0 Å². The fourth-order valence-corrected chi connectivity index (χ4v) is 2.64. The summed E-state index contributed by atoms with van der Waals surface area (Å²) >= 11 is 0. The van der Waals surface area contributed by atoms with Crippen LogP contribution in [-0.4, -0.2) is 15.7 Å². The monoisotopic (exact) mass is 364 g/mol. The molecule has 1 heterocycles. The first-order valence-corrected chi connectivity index (χ1v) is 8.32. The summed E-state index contributed by atoms with van der Waals surface area (Å²) in [6.07, 6.45) is 0.857. The lowest BCUT2D eigenvalue weighted by Gasteiger charge is -2.19. The Labute approximate surface area is 156 Å². The van der Waals surface area contributed by atoms with Gasteiger partial charge in [0.2, 0.25) is 5.91 Å². The zero-order chi connectivity index (χ0) is 17.9. The Balaban J connectivity index is 0.00000312. The van der Waals surface area contributed by atoms with Gasteiger partial charge in [0.15, 0.2) is 0 Å². The number of amides is 1. The fraction of sp³-hybridized carbons (Fsp3) is 0.474. The molecule has 2 aromatic rings. The van der Waals surface area contributed by atoms with E-state index in [1.807, 2.05) is 50.4 Å². The lowest BCUT2D eigenvalue weighted by Crippen LogP contribution is -2.31. The Hall–Kier alpha value is -1.85. The van der Waals surface area contributed by atoms with E-state index in [0.29, 0.717) is 5.82 Å². The lowest BCUT2D eigenvalue weighted by atomic mass is 9.91. The maximum absolute atomic E-state index is 12.5. The van der Waals surface area contributed by atoms with Gasteiger partial charge in [0.05, 0.1) is 11.6 Å². The molecule has 0 aliphatic heterocycles. The highest BCUT2D eigenvalue weighted by atomic mass is 35.5. The van der Waals surface area contributed by atoms with Crippen molar-refractivity contribution < 1.29 is 4.79 Å². The standard InChI is InChI=1S/C19H28N4O.ClH/c1-13(17(20)14-9-7-6-8-10-14)18(24)21-16-11-15(22-23(16)5)12-19(2,3)4;/h6-11,13,17H,12,20H2,1-5H3,(H,21,24);1H. The van der Waals surface area contributed by atoms with Gasteiger partial charge in [-0.3, -0.25) is 9.48 Å². The number of hydrogen-bond donors (Lipinski definition) is 2. The summed E-state index contributed by atoms with van der Waals surface area (Å²) in [6.45, 7) is 8.35. The van der Waals surface area contributed by atoms with Crippen molar-refractivity contribution in [2.45, 2.75) is 40.2 Å². The number of carbonyl (C=O) groups excluding carboxylic acids is 1. The SMILES string of the molecule is CC(C(=O)Nc1cc(CC(C)(C)C)nn1C)C(N)c1ccccc1.Cl. The van der Waals surface area contributed by atoms with E-state index >= 15 is 0 Å². The van der Waals surface area contributed by atoms with E-state index in [2.05, 4.69) is 31.2 Å². The number of anilines is 1. The molecule has 0 saturated carbocycles. The van der Waals surface area contributed by atoms with Crippen LogP contribution >= 0.6 is 12.4 Å². The minimum atomic E-state index is -0.339. The quantitative estimate of drug-likeness (QED) is 0.849. The molecule has 25 heavy (non-hydrogen) atoms. The molecule has 1 aromatic carbocycles. The summed E-state index contributed by atoms with van der Waals surface area (Å²) in [7, 11) is 1.84. The van der Waals surface area contributed by atoms with E-state index in [0.717, 1.165) is 17.7 Å². The van der Waals surface area contributed by atoms with Crippen molar-refractivity contribution >= 4 is 24.1 Å². The molecule has 0 saturated heterocycles. The second-order valence-corrected chi connectivity index (χ2v) is 7.60. The molecule has 0 aliphatic carbocycles. The molecule has 0 spiro atoms. The van der Waals surface area contributed by atoms with Crippen LogP contribution in [0.5, 0.6) is 0 Å². The van der Waals surface area contributed by atoms with E-state index in [1.165, 1.54) is 0 Å². The average Bonchev–Trinajstić information content (AvgIpc) is 2.84. The van der Waals surface area contributed by atoms with Crippen LogP contribution in [0.2, 0.25) is 0 Å². The van der Waals surface area contributed by atoms with E-state index in [4.69, 9.17) is 5.73 Å². The molecule has 138 valence electrons. The van der Waals surface area contributed by atoms with Gasteiger partial charge in [-0.2, -0.15) is 5.10 Å². The zero-order valence-corrected chi connectivity index (χ0v) is 16.4. The summed E-state index contributed by atoms with van der Waals surface area (Å²) in [4.78, 5) is 12.5. The molecular weight excluding hydrogens is 336 g/mol. The largest absolute Gasteiger partial charge is 0.323 e. The van der Waals surface area contributed by atoms with Crippen LogP contribution < -0.4 is 11.1 Å². The van der Waals surface area contributed by atoms with Crippen molar-refractivity contribution in [3.63, 3.8) is 0 Å². The lowest BCUT2D eigenvalue weighted by molar-refractivity contribution is -0.120. The third-order valence-corrected chi connectivity index (χ3v) is 4.03.